The smallest absolute Gasteiger partial charge is 0.271 e. The SMILES string of the molecule is O=C(/C=C/c1c(Cl)nc2sccn12)Nc1cccc([N+](=O)[O-])c1. The third-order valence-corrected chi connectivity index (χ3v) is 4.01. The first-order chi connectivity index (χ1) is 11.0. The van der Waals surface area contributed by atoms with Gasteiger partial charge in [-0.2, -0.15) is 0 Å². The fourth-order valence-electron chi connectivity index (χ4n) is 1.96. The summed E-state index contributed by atoms with van der Waals surface area (Å²) in [6, 6.07) is 5.71. The van der Waals surface area contributed by atoms with E-state index in [1.807, 2.05) is 5.38 Å². The van der Waals surface area contributed by atoms with Crippen molar-refractivity contribution < 1.29 is 9.72 Å². The van der Waals surface area contributed by atoms with Gasteiger partial charge in [-0.3, -0.25) is 19.3 Å². The highest BCUT2D eigenvalue weighted by molar-refractivity contribution is 7.15. The predicted molar refractivity (Wildman–Crippen MR) is 88.8 cm³/mol. The number of nitrogens with zero attached hydrogens (tertiary/aromatic N) is 3. The average molecular weight is 349 g/mol. The van der Waals surface area contributed by atoms with Crippen LogP contribution in [-0.4, -0.2) is 20.2 Å². The molecular weight excluding hydrogens is 340 g/mol. The number of non-ortho nitro benzene ring substituents is 1. The Balaban J connectivity index is 1.77. The van der Waals surface area contributed by atoms with Crippen LogP contribution in [-0.2, 0) is 4.79 Å². The lowest BCUT2D eigenvalue weighted by atomic mass is 10.3. The second kappa shape index (κ2) is 6.19. The molecule has 0 aliphatic carbocycles. The van der Waals surface area contributed by atoms with Crippen molar-refractivity contribution in [2.75, 3.05) is 5.32 Å². The first kappa shape index (κ1) is 15.2. The molecule has 0 bridgehead atoms. The molecule has 2 heterocycles. The highest BCUT2D eigenvalue weighted by Gasteiger charge is 2.10. The number of benzene rings is 1. The summed E-state index contributed by atoms with van der Waals surface area (Å²) in [6.45, 7) is 0. The summed E-state index contributed by atoms with van der Waals surface area (Å²) in [5, 5.41) is 15.4. The van der Waals surface area contributed by atoms with Crippen LogP contribution in [0.4, 0.5) is 11.4 Å². The molecule has 7 nitrogen and oxygen atoms in total. The number of thiazole rings is 1. The summed E-state index contributed by atoms with van der Waals surface area (Å²) in [7, 11) is 0. The Morgan fingerprint density at radius 2 is 2.30 bits per heavy atom. The van der Waals surface area contributed by atoms with Crippen molar-refractivity contribution in [2.45, 2.75) is 0 Å². The summed E-state index contributed by atoms with van der Waals surface area (Å²) in [5.41, 5.74) is 0.844. The monoisotopic (exact) mass is 348 g/mol. The molecule has 0 unspecified atom stereocenters. The zero-order chi connectivity index (χ0) is 16.4. The molecule has 0 spiro atoms. The van der Waals surface area contributed by atoms with Crippen molar-refractivity contribution in [3.05, 3.63) is 62.9 Å². The first-order valence-electron chi connectivity index (χ1n) is 6.39. The number of fused-ring (bicyclic) bond motifs is 1. The molecule has 23 heavy (non-hydrogen) atoms. The third kappa shape index (κ3) is 3.22. The zero-order valence-electron chi connectivity index (χ0n) is 11.5. The summed E-state index contributed by atoms with van der Waals surface area (Å²) >= 11 is 7.46. The molecule has 0 fully saturated rings. The fraction of sp³-hybridized carbons (Fsp3) is 0. The van der Waals surface area contributed by atoms with E-state index in [1.54, 1.807) is 22.7 Å². The fourth-order valence-corrected chi connectivity index (χ4v) is 2.97. The van der Waals surface area contributed by atoms with E-state index < -0.39 is 10.8 Å². The van der Waals surface area contributed by atoms with Crippen LogP contribution in [0.1, 0.15) is 5.69 Å². The predicted octanol–water partition coefficient (Wildman–Crippen LogP) is 3.61. The van der Waals surface area contributed by atoms with Gasteiger partial charge in [0.25, 0.3) is 5.69 Å². The second-order valence-corrected chi connectivity index (χ2v) is 5.70. The van der Waals surface area contributed by atoms with Gasteiger partial charge in [0.15, 0.2) is 10.1 Å². The van der Waals surface area contributed by atoms with E-state index in [1.165, 1.54) is 35.6 Å². The molecular formula is C14H9ClN4O3S. The third-order valence-electron chi connectivity index (χ3n) is 2.97. The average Bonchev–Trinajstić information content (AvgIpc) is 3.06. The lowest BCUT2D eigenvalue weighted by molar-refractivity contribution is -0.384. The van der Waals surface area contributed by atoms with Crippen LogP contribution in [0.15, 0.2) is 41.9 Å². The molecule has 0 aliphatic heterocycles. The molecule has 9 heteroatoms. The number of nitro benzene ring substituents is 1. The van der Waals surface area contributed by atoms with Crippen molar-refractivity contribution >= 4 is 51.3 Å². The summed E-state index contributed by atoms with van der Waals surface area (Å²) in [5.74, 6) is -0.424. The van der Waals surface area contributed by atoms with Gasteiger partial charge in [-0.25, -0.2) is 4.98 Å². The van der Waals surface area contributed by atoms with E-state index in [0.717, 1.165) is 4.96 Å². The maximum Gasteiger partial charge on any atom is 0.271 e. The summed E-state index contributed by atoms with van der Waals surface area (Å²) in [6.07, 6.45) is 4.64. The van der Waals surface area contributed by atoms with Gasteiger partial charge < -0.3 is 5.32 Å². The minimum absolute atomic E-state index is 0.0920. The second-order valence-electron chi connectivity index (χ2n) is 4.47. The Hall–Kier alpha value is -2.71. The minimum atomic E-state index is -0.523. The first-order valence-corrected chi connectivity index (χ1v) is 7.65. The van der Waals surface area contributed by atoms with Gasteiger partial charge in [0.2, 0.25) is 5.91 Å². The largest absolute Gasteiger partial charge is 0.322 e. The zero-order valence-corrected chi connectivity index (χ0v) is 13.0. The molecule has 0 saturated heterocycles. The molecule has 0 atom stereocenters. The number of aromatic nitrogens is 2. The quantitative estimate of drug-likeness (QED) is 0.443. The van der Waals surface area contributed by atoms with E-state index in [0.29, 0.717) is 16.5 Å². The van der Waals surface area contributed by atoms with Crippen LogP contribution in [0.5, 0.6) is 0 Å². The van der Waals surface area contributed by atoms with Crippen LogP contribution < -0.4 is 5.32 Å². The van der Waals surface area contributed by atoms with E-state index in [2.05, 4.69) is 10.3 Å². The molecule has 2 aromatic heterocycles. The normalized spacial score (nSPS) is 11.2. The number of halogens is 1. The number of amides is 1. The highest BCUT2D eigenvalue weighted by atomic mass is 35.5. The lowest BCUT2D eigenvalue weighted by Gasteiger charge is -2.01. The Morgan fingerprint density at radius 1 is 1.48 bits per heavy atom. The molecule has 3 rings (SSSR count). The summed E-state index contributed by atoms with van der Waals surface area (Å²) < 4.78 is 1.77. The number of nitrogens with one attached hydrogen (secondary N) is 1. The maximum absolute atomic E-state index is 11.9. The van der Waals surface area contributed by atoms with Crippen molar-refractivity contribution in [1.82, 2.24) is 9.38 Å². The number of nitro groups is 1. The van der Waals surface area contributed by atoms with Gasteiger partial charge in [-0.05, 0) is 12.1 Å². The molecule has 0 radical (unpaired) electrons. The van der Waals surface area contributed by atoms with Gasteiger partial charge in [-0.1, -0.05) is 17.7 Å². The molecule has 0 aliphatic rings. The van der Waals surface area contributed by atoms with E-state index in [-0.39, 0.29) is 5.69 Å². The molecule has 1 aromatic carbocycles. The van der Waals surface area contributed by atoms with Crippen LogP contribution in [0.3, 0.4) is 0 Å². The molecule has 1 amide bonds. The maximum atomic E-state index is 11.9. The van der Waals surface area contributed by atoms with Gasteiger partial charge in [0.05, 0.1) is 10.6 Å². The number of imidazole rings is 1. The van der Waals surface area contributed by atoms with Crippen LogP contribution >= 0.6 is 22.9 Å². The number of anilines is 1. The number of hydrogen-bond donors (Lipinski definition) is 1. The van der Waals surface area contributed by atoms with Crippen molar-refractivity contribution in [3.8, 4) is 0 Å². The van der Waals surface area contributed by atoms with Crippen molar-refractivity contribution in [3.63, 3.8) is 0 Å². The number of rotatable bonds is 4. The van der Waals surface area contributed by atoms with Crippen molar-refractivity contribution in [1.29, 1.82) is 0 Å². The topological polar surface area (TPSA) is 89.5 Å². The van der Waals surface area contributed by atoms with Crippen LogP contribution in [0.2, 0.25) is 5.15 Å². The molecule has 1 N–H and O–H groups in total. The highest BCUT2D eigenvalue weighted by Crippen LogP contribution is 2.22. The Bertz CT molecular complexity index is 931. The minimum Gasteiger partial charge on any atom is -0.322 e. The van der Waals surface area contributed by atoms with Gasteiger partial charge in [0, 0.05) is 35.5 Å². The lowest BCUT2D eigenvalue weighted by Crippen LogP contribution is -2.08. The van der Waals surface area contributed by atoms with Gasteiger partial charge in [0.1, 0.15) is 0 Å². The Kier molecular flexibility index (Phi) is 4.09. The number of hydrogen-bond acceptors (Lipinski definition) is 5. The molecule has 3 aromatic rings. The van der Waals surface area contributed by atoms with Gasteiger partial charge >= 0.3 is 0 Å². The Morgan fingerprint density at radius 3 is 3.09 bits per heavy atom. The van der Waals surface area contributed by atoms with Crippen LogP contribution in [0, 0.1) is 10.1 Å². The van der Waals surface area contributed by atoms with Crippen molar-refractivity contribution in [2.24, 2.45) is 0 Å². The van der Waals surface area contributed by atoms with E-state index in [4.69, 9.17) is 11.6 Å². The number of carbonyl (C=O) groups excluding carboxylic acids is 1. The van der Waals surface area contributed by atoms with Gasteiger partial charge in [-0.15, -0.1) is 11.3 Å². The van der Waals surface area contributed by atoms with E-state index >= 15 is 0 Å². The standard InChI is InChI=1S/C14H9ClN4O3S/c15-13-11(18-6-7-23-14(18)17-13)4-5-12(20)16-9-2-1-3-10(8-9)19(21)22/h1-8H,(H,16,20)/b5-4+. The molecule has 116 valence electrons. The Labute approximate surface area is 139 Å². The van der Waals surface area contributed by atoms with E-state index in [9.17, 15) is 14.9 Å². The number of carbonyl (C=O) groups is 1. The van der Waals surface area contributed by atoms with Crippen LogP contribution in [0.25, 0.3) is 11.0 Å². The molecule has 0 saturated carbocycles. The summed E-state index contributed by atoms with van der Waals surface area (Å²) in [4.78, 5) is 27.0.